The first kappa shape index (κ1) is 12.7. The van der Waals surface area contributed by atoms with Crippen LogP contribution in [0.15, 0.2) is 24.3 Å². The Morgan fingerprint density at radius 2 is 2.25 bits per heavy atom. The molecule has 2 fully saturated rings. The lowest BCUT2D eigenvalue weighted by atomic mass is 9.85. The maximum atomic E-state index is 4.77. The number of aromatic nitrogens is 1. The third-order valence-corrected chi connectivity index (χ3v) is 5.69. The number of benzene rings is 1. The van der Waals surface area contributed by atoms with Gasteiger partial charge in [-0.3, -0.25) is 4.90 Å². The number of likely N-dealkylation sites (tertiary alicyclic amines) is 1. The molecule has 1 aromatic heterocycles. The van der Waals surface area contributed by atoms with Crippen molar-refractivity contribution in [2.45, 2.75) is 31.8 Å². The standard InChI is InChI=1S/C16H21N3S/c1-2-6-15-14(5-1)18-16(20-15)11-19-9-7-13-12(10-19)4-3-8-17-13/h1-2,5-6,12-13,17H,3-4,7-11H2/t12-,13+/m1/s1. The highest BCUT2D eigenvalue weighted by molar-refractivity contribution is 7.18. The number of thiazole rings is 1. The molecule has 0 saturated carbocycles. The third-order valence-electron chi connectivity index (χ3n) is 4.67. The van der Waals surface area contributed by atoms with E-state index < -0.39 is 0 Å². The van der Waals surface area contributed by atoms with Crippen molar-refractivity contribution in [3.8, 4) is 0 Å². The zero-order chi connectivity index (χ0) is 13.4. The summed E-state index contributed by atoms with van der Waals surface area (Å²) in [5.41, 5.74) is 1.15. The van der Waals surface area contributed by atoms with Gasteiger partial charge in [-0.1, -0.05) is 12.1 Å². The maximum absolute atomic E-state index is 4.77. The maximum Gasteiger partial charge on any atom is 0.108 e. The van der Waals surface area contributed by atoms with Gasteiger partial charge < -0.3 is 5.32 Å². The van der Waals surface area contributed by atoms with E-state index in [9.17, 15) is 0 Å². The van der Waals surface area contributed by atoms with E-state index >= 15 is 0 Å². The molecule has 2 saturated heterocycles. The molecule has 1 N–H and O–H groups in total. The van der Waals surface area contributed by atoms with Gasteiger partial charge in [-0.15, -0.1) is 11.3 Å². The number of rotatable bonds is 2. The summed E-state index contributed by atoms with van der Waals surface area (Å²) in [7, 11) is 0. The van der Waals surface area contributed by atoms with Crippen LogP contribution in [0.3, 0.4) is 0 Å². The Labute approximate surface area is 124 Å². The molecule has 3 nitrogen and oxygen atoms in total. The summed E-state index contributed by atoms with van der Waals surface area (Å²) >= 11 is 1.85. The smallest absolute Gasteiger partial charge is 0.108 e. The van der Waals surface area contributed by atoms with Gasteiger partial charge in [0.05, 0.1) is 16.8 Å². The molecular formula is C16H21N3S. The minimum atomic E-state index is 0.773. The van der Waals surface area contributed by atoms with Gasteiger partial charge >= 0.3 is 0 Å². The number of nitrogens with one attached hydrogen (secondary N) is 1. The van der Waals surface area contributed by atoms with E-state index in [0.717, 1.165) is 24.0 Å². The summed E-state index contributed by atoms with van der Waals surface area (Å²) < 4.78 is 1.32. The van der Waals surface area contributed by atoms with E-state index in [0.29, 0.717) is 0 Å². The van der Waals surface area contributed by atoms with Gasteiger partial charge in [0.1, 0.15) is 5.01 Å². The quantitative estimate of drug-likeness (QED) is 0.920. The largest absolute Gasteiger partial charge is 0.314 e. The molecule has 0 spiro atoms. The van der Waals surface area contributed by atoms with Crippen LogP contribution in [-0.4, -0.2) is 35.6 Å². The number of para-hydroxylation sites is 1. The fourth-order valence-electron chi connectivity index (χ4n) is 3.64. The summed E-state index contributed by atoms with van der Waals surface area (Å²) in [6, 6.07) is 9.24. The van der Waals surface area contributed by atoms with Crippen molar-refractivity contribution in [1.29, 1.82) is 0 Å². The average Bonchev–Trinajstić information content (AvgIpc) is 2.89. The molecule has 20 heavy (non-hydrogen) atoms. The predicted molar refractivity (Wildman–Crippen MR) is 84.0 cm³/mol. The summed E-state index contributed by atoms with van der Waals surface area (Å²) in [6.45, 7) is 4.71. The molecule has 2 aliphatic heterocycles. The first-order chi connectivity index (χ1) is 9.88. The fourth-order valence-corrected chi connectivity index (χ4v) is 4.65. The van der Waals surface area contributed by atoms with E-state index in [-0.39, 0.29) is 0 Å². The Bertz CT molecular complexity index is 561. The summed E-state index contributed by atoms with van der Waals surface area (Å²) in [5.74, 6) is 0.854. The van der Waals surface area contributed by atoms with Crippen LogP contribution in [0.5, 0.6) is 0 Å². The van der Waals surface area contributed by atoms with Gasteiger partial charge in [-0.05, 0) is 43.9 Å². The second kappa shape index (κ2) is 5.43. The van der Waals surface area contributed by atoms with Crippen molar-refractivity contribution in [2.24, 2.45) is 5.92 Å². The number of piperidine rings is 2. The predicted octanol–water partition coefficient (Wildman–Crippen LogP) is 2.87. The Hall–Kier alpha value is -0.970. The van der Waals surface area contributed by atoms with Crippen LogP contribution in [0.25, 0.3) is 10.2 Å². The molecule has 2 aliphatic rings. The van der Waals surface area contributed by atoms with Crippen LogP contribution in [-0.2, 0) is 6.54 Å². The minimum absolute atomic E-state index is 0.773. The molecule has 2 atom stereocenters. The molecule has 4 heteroatoms. The highest BCUT2D eigenvalue weighted by Crippen LogP contribution is 2.28. The average molecular weight is 287 g/mol. The molecule has 106 valence electrons. The second-order valence-corrected chi connectivity index (χ2v) is 7.18. The number of hydrogen-bond acceptors (Lipinski definition) is 4. The van der Waals surface area contributed by atoms with Crippen LogP contribution in [0.2, 0.25) is 0 Å². The Morgan fingerprint density at radius 3 is 3.20 bits per heavy atom. The summed E-state index contributed by atoms with van der Waals surface area (Å²) in [6.07, 6.45) is 4.04. The SMILES string of the molecule is c1ccc2sc(CN3CC[C@@H]4NCCC[C@@H]4C3)nc2c1. The van der Waals surface area contributed by atoms with Crippen LogP contribution in [0.4, 0.5) is 0 Å². The van der Waals surface area contributed by atoms with Gasteiger partial charge in [0.2, 0.25) is 0 Å². The van der Waals surface area contributed by atoms with E-state index in [1.54, 1.807) is 0 Å². The Morgan fingerprint density at radius 1 is 1.30 bits per heavy atom. The van der Waals surface area contributed by atoms with E-state index in [4.69, 9.17) is 4.98 Å². The van der Waals surface area contributed by atoms with Crippen LogP contribution in [0.1, 0.15) is 24.3 Å². The van der Waals surface area contributed by atoms with Crippen molar-refractivity contribution >= 4 is 21.6 Å². The van der Waals surface area contributed by atoms with Crippen molar-refractivity contribution in [3.63, 3.8) is 0 Å². The normalized spacial score (nSPS) is 27.6. The highest BCUT2D eigenvalue weighted by Gasteiger charge is 2.31. The van der Waals surface area contributed by atoms with Crippen molar-refractivity contribution in [3.05, 3.63) is 29.3 Å². The molecule has 4 rings (SSSR count). The first-order valence-corrected chi connectivity index (χ1v) is 8.50. The van der Waals surface area contributed by atoms with E-state index in [1.807, 2.05) is 11.3 Å². The van der Waals surface area contributed by atoms with Gasteiger partial charge in [0, 0.05) is 19.1 Å². The fraction of sp³-hybridized carbons (Fsp3) is 0.562. The molecular weight excluding hydrogens is 266 g/mol. The Balaban J connectivity index is 1.46. The van der Waals surface area contributed by atoms with Gasteiger partial charge in [-0.2, -0.15) is 0 Å². The van der Waals surface area contributed by atoms with Gasteiger partial charge in [-0.25, -0.2) is 4.98 Å². The third kappa shape index (κ3) is 2.48. The van der Waals surface area contributed by atoms with Crippen LogP contribution < -0.4 is 5.32 Å². The van der Waals surface area contributed by atoms with Crippen LogP contribution in [0, 0.1) is 5.92 Å². The zero-order valence-corrected chi connectivity index (χ0v) is 12.5. The molecule has 0 aliphatic carbocycles. The number of nitrogens with zero attached hydrogens (tertiary/aromatic N) is 2. The van der Waals surface area contributed by atoms with Crippen molar-refractivity contribution in [1.82, 2.24) is 15.2 Å². The number of fused-ring (bicyclic) bond motifs is 2. The summed E-state index contributed by atoms with van der Waals surface area (Å²) in [5, 5.41) is 4.96. The van der Waals surface area contributed by atoms with Gasteiger partial charge in [0.15, 0.2) is 0 Å². The number of hydrogen-bond donors (Lipinski definition) is 1. The van der Waals surface area contributed by atoms with Crippen LogP contribution >= 0.6 is 11.3 Å². The lowest BCUT2D eigenvalue weighted by Crippen LogP contribution is -2.51. The minimum Gasteiger partial charge on any atom is -0.314 e. The molecule has 1 aromatic carbocycles. The summed E-state index contributed by atoms with van der Waals surface area (Å²) in [4.78, 5) is 7.38. The second-order valence-electron chi connectivity index (χ2n) is 6.06. The lowest BCUT2D eigenvalue weighted by molar-refractivity contribution is 0.109. The topological polar surface area (TPSA) is 28.2 Å². The van der Waals surface area contributed by atoms with E-state index in [2.05, 4.69) is 34.5 Å². The Kier molecular flexibility index (Phi) is 3.46. The van der Waals surface area contributed by atoms with Crippen molar-refractivity contribution in [2.75, 3.05) is 19.6 Å². The molecule has 0 bridgehead atoms. The highest BCUT2D eigenvalue weighted by atomic mass is 32.1. The zero-order valence-electron chi connectivity index (χ0n) is 11.7. The van der Waals surface area contributed by atoms with Crippen molar-refractivity contribution < 1.29 is 0 Å². The molecule has 3 heterocycles. The molecule has 0 amide bonds. The molecule has 0 unspecified atom stereocenters. The molecule has 2 aromatic rings. The van der Waals surface area contributed by atoms with Gasteiger partial charge in [0.25, 0.3) is 0 Å². The monoisotopic (exact) mass is 287 g/mol. The van der Waals surface area contributed by atoms with E-state index in [1.165, 1.54) is 48.6 Å². The lowest BCUT2D eigenvalue weighted by Gasteiger charge is -2.41. The first-order valence-electron chi connectivity index (χ1n) is 7.69. The molecule has 0 radical (unpaired) electrons.